The summed E-state index contributed by atoms with van der Waals surface area (Å²) in [6, 6.07) is 3.07. The van der Waals surface area contributed by atoms with Crippen LogP contribution in [0.5, 0.6) is 0 Å². The third-order valence-corrected chi connectivity index (χ3v) is 5.98. The van der Waals surface area contributed by atoms with Crippen molar-refractivity contribution in [2.24, 2.45) is 0 Å². The molecule has 2 aliphatic rings. The molecule has 2 saturated heterocycles. The summed E-state index contributed by atoms with van der Waals surface area (Å²) in [7, 11) is 0. The summed E-state index contributed by atoms with van der Waals surface area (Å²) < 4.78 is 7.53. The van der Waals surface area contributed by atoms with Crippen molar-refractivity contribution in [2.75, 3.05) is 19.7 Å². The predicted octanol–water partition coefficient (Wildman–Crippen LogP) is 0.220. The van der Waals surface area contributed by atoms with Crippen molar-refractivity contribution in [3.63, 3.8) is 0 Å². The summed E-state index contributed by atoms with van der Waals surface area (Å²) in [6.45, 7) is 6.62. The Morgan fingerprint density at radius 3 is 2.48 bits per heavy atom. The number of carbonyl (C=O) groups excluding carboxylic acids is 2. The maximum atomic E-state index is 12.8. The van der Waals surface area contributed by atoms with E-state index < -0.39 is 17.2 Å². The van der Waals surface area contributed by atoms with E-state index in [1.54, 1.807) is 21.7 Å². The van der Waals surface area contributed by atoms with E-state index in [2.05, 4.69) is 5.32 Å². The number of carboxylic acid groups (broad SMARTS) is 1. The molecule has 172 valence electrons. The molecule has 2 atom stereocenters. The monoisotopic (exact) mass is 437 g/mol. The van der Waals surface area contributed by atoms with Crippen molar-refractivity contribution in [3.05, 3.63) is 34.2 Å². The lowest BCUT2D eigenvalue weighted by molar-refractivity contribution is -0.179. The van der Waals surface area contributed by atoms with Gasteiger partial charge in [0.05, 0.1) is 17.7 Å². The second-order valence-corrected chi connectivity index (χ2v) is 8.22. The Hall–Kier alpha value is -2.72. The van der Waals surface area contributed by atoms with Gasteiger partial charge < -0.3 is 29.7 Å². The number of nitrogens with zero attached hydrogens (tertiary/aromatic N) is 2. The second kappa shape index (κ2) is 10.1. The van der Waals surface area contributed by atoms with Gasteiger partial charge in [0, 0.05) is 50.8 Å². The normalized spacial score (nSPS) is 24.6. The summed E-state index contributed by atoms with van der Waals surface area (Å²) in [5, 5.41) is 20.1. The zero-order valence-corrected chi connectivity index (χ0v) is 18.2. The fraction of sp³-hybridized carbons (Fsp3) is 0.619. The minimum atomic E-state index is -0.772. The van der Waals surface area contributed by atoms with E-state index in [9.17, 15) is 19.5 Å². The summed E-state index contributed by atoms with van der Waals surface area (Å²) in [6.07, 6.45) is 2.60. The van der Waals surface area contributed by atoms with Crippen LogP contribution in [-0.4, -0.2) is 74.9 Å². The van der Waals surface area contributed by atoms with Gasteiger partial charge in [-0.1, -0.05) is 0 Å². The topological polar surface area (TPSA) is 138 Å². The first-order valence-electron chi connectivity index (χ1n) is 10.3. The van der Waals surface area contributed by atoms with E-state index >= 15 is 0 Å². The fourth-order valence-electron chi connectivity index (χ4n) is 4.33. The molecule has 0 saturated carbocycles. The molecule has 0 radical (unpaired) electrons. The Balaban J connectivity index is 0.00000107. The Morgan fingerprint density at radius 2 is 1.97 bits per heavy atom. The van der Waals surface area contributed by atoms with Gasteiger partial charge in [0.1, 0.15) is 6.10 Å². The SMILES string of the molecule is CCn1ccc(C(=O)N2CCC3(CC2)C[C@@](C)(NC(C)=O)[C@H](O)CO3)cc1=O.O=CO. The molecule has 3 N–H and O–H groups in total. The molecule has 0 aromatic carbocycles. The minimum Gasteiger partial charge on any atom is -0.483 e. The molecule has 1 spiro atoms. The number of nitrogens with one attached hydrogen (secondary N) is 1. The van der Waals surface area contributed by atoms with Gasteiger partial charge in [-0.2, -0.15) is 0 Å². The first-order chi connectivity index (χ1) is 14.6. The van der Waals surface area contributed by atoms with Crippen LogP contribution in [0.3, 0.4) is 0 Å². The van der Waals surface area contributed by atoms with Crippen LogP contribution >= 0.6 is 0 Å². The van der Waals surface area contributed by atoms with Gasteiger partial charge in [0.25, 0.3) is 17.9 Å². The summed E-state index contributed by atoms with van der Waals surface area (Å²) in [4.78, 5) is 46.5. The molecule has 0 bridgehead atoms. The van der Waals surface area contributed by atoms with Gasteiger partial charge in [0.15, 0.2) is 0 Å². The number of hydrogen-bond acceptors (Lipinski definition) is 6. The highest BCUT2D eigenvalue weighted by molar-refractivity contribution is 5.94. The largest absolute Gasteiger partial charge is 0.483 e. The zero-order valence-electron chi connectivity index (χ0n) is 18.2. The molecule has 0 unspecified atom stereocenters. The average molecular weight is 437 g/mol. The number of pyridine rings is 1. The highest BCUT2D eigenvalue weighted by Gasteiger charge is 2.50. The lowest BCUT2D eigenvalue weighted by atomic mass is 9.74. The third kappa shape index (κ3) is 5.71. The van der Waals surface area contributed by atoms with E-state index in [0.29, 0.717) is 44.5 Å². The molecule has 0 aliphatic carbocycles. The number of ether oxygens (including phenoxy) is 1. The summed E-state index contributed by atoms with van der Waals surface area (Å²) in [5.74, 6) is -0.344. The highest BCUT2D eigenvalue weighted by atomic mass is 16.5. The molecule has 10 heteroatoms. The van der Waals surface area contributed by atoms with E-state index in [1.807, 2.05) is 13.8 Å². The number of rotatable bonds is 3. The highest BCUT2D eigenvalue weighted by Crippen LogP contribution is 2.39. The van der Waals surface area contributed by atoms with Gasteiger partial charge in [0.2, 0.25) is 5.91 Å². The molecule has 2 aliphatic heterocycles. The number of carbonyl (C=O) groups is 3. The third-order valence-electron chi connectivity index (χ3n) is 5.98. The maximum absolute atomic E-state index is 12.8. The molecule has 2 amide bonds. The van der Waals surface area contributed by atoms with Crippen molar-refractivity contribution >= 4 is 18.3 Å². The minimum absolute atomic E-state index is 0.153. The number of amides is 2. The van der Waals surface area contributed by atoms with Gasteiger partial charge in [-0.05, 0) is 32.8 Å². The standard InChI is InChI=1S/C20H29N3O5.CH2O2/c1-4-22-8-5-15(11-17(22)26)18(27)23-9-6-20(7-10-23)13-19(3,21-14(2)24)16(25)12-28-20;2-1-3/h5,8,11,16,25H,4,6-7,9-10,12-13H2,1-3H3,(H,21,24);1H,(H,2,3)/t16-,19-;/m1./s1. The van der Waals surface area contributed by atoms with E-state index in [-0.39, 0.29) is 30.5 Å². The molecule has 31 heavy (non-hydrogen) atoms. The van der Waals surface area contributed by atoms with Crippen LogP contribution in [0.2, 0.25) is 0 Å². The molecular weight excluding hydrogens is 406 g/mol. The van der Waals surface area contributed by atoms with Crippen LogP contribution in [0.1, 0.15) is 50.4 Å². The number of aliphatic hydroxyl groups excluding tert-OH is 1. The van der Waals surface area contributed by atoms with Crippen molar-refractivity contribution in [2.45, 2.75) is 63.8 Å². The zero-order chi connectivity index (χ0) is 23.2. The van der Waals surface area contributed by atoms with Crippen LogP contribution in [-0.2, 0) is 20.9 Å². The van der Waals surface area contributed by atoms with Gasteiger partial charge >= 0.3 is 0 Å². The lowest BCUT2D eigenvalue weighted by Crippen LogP contribution is -2.65. The average Bonchev–Trinajstić information content (AvgIpc) is 2.71. The number of aryl methyl sites for hydroxylation is 1. The van der Waals surface area contributed by atoms with Crippen molar-refractivity contribution in [1.29, 1.82) is 0 Å². The number of aromatic nitrogens is 1. The van der Waals surface area contributed by atoms with Crippen molar-refractivity contribution < 1.29 is 29.3 Å². The number of piperidine rings is 1. The number of aliphatic hydroxyl groups is 1. The Labute approximate surface area is 180 Å². The molecule has 10 nitrogen and oxygen atoms in total. The quantitative estimate of drug-likeness (QED) is 0.575. The molecular formula is C21H31N3O7. The molecule has 3 rings (SSSR count). The first-order valence-corrected chi connectivity index (χ1v) is 10.3. The fourth-order valence-corrected chi connectivity index (χ4v) is 4.33. The van der Waals surface area contributed by atoms with E-state index in [1.165, 1.54) is 13.0 Å². The number of hydrogen-bond donors (Lipinski definition) is 3. The predicted molar refractivity (Wildman–Crippen MR) is 112 cm³/mol. The van der Waals surface area contributed by atoms with Crippen LogP contribution in [0, 0.1) is 0 Å². The van der Waals surface area contributed by atoms with Crippen molar-refractivity contribution in [1.82, 2.24) is 14.8 Å². The van der Waals surface area contributed by atoms with Gasteiger partial charge in [-0.25, -0.2) is 0 Å². The number of likely N-dealkylation sites (tertiary alicyclic amines) is 1. The summed E-state index contributed by atoms with van der Waals surface area (Å²) in [5.41, 5.74) is -1.01. The second-order valence-electron chi connectivity index (χ2n) is 8.22. The molecule has 3 heterocycles. The van der Waals surface area contributed by atoms with Crippen molar-refractivity contribution in [3.8, 4) is 0 Å². The first kappa shape index (κ1) is 24.5. The molecule has 1 aromatic rings. The van der Waals surface area contributed by atoms with Gasteiger partial charge in [-0.15, -0.1) is 0 Å². The lowest BCUT2D eigenvalue weighted by Gasteiger charge is -2.51. The van der Waals surface area contributed by atoms with Crippen LogP contribution in [0.15, 0.2) is 23.1 Å². The molecule has 2 fully saturated rings. The van der Waals surface area contributed by atoms with E-state index in [4.69, 9.17) is 14.6 Å². The smallest absolute Gasteiger partial charge is 0.290 e. The Kier molecular flexibility index (Phi) is 7.96. The Bertz CT molecular complexity index is 861. The summed E-state index contributed by atoms with van der Waals surface area (Å²) >= 11 is 0. The van der Waals surface area contributed by atoms with Crippen LogP contribution in [0.25, 0.3) is 0 Å². The van der Waals surface area contributed by atoms with Crippen LogP contribution < -0.4 is 10.9 Å². The molecule has 1 aromatic heterocycles. The van der Waals surface area contributed by atoms with E-state index in [0.717, 1.165) is 0 Å². The van der Waals surface area contributed by atoms with Crippen LogP contribution in [0.4, 0.5) is 0 Å². The maximum Gasteiger partial charge on any atom is 0.290 e. The Morgan fingerprint density at radius 1 is 1.35 bits per heavy atom. The van der Waals surface area contributed by atoms with Gasteiger partial charge in [-0.3, -0.25) is 19.2 Å².